The summed E-state index contributed by atoms with van der Waals surface area (Å²) in [5, 5.41) is 0.340. The summed E-state index contributed by atoms with van der Waals surface area (Å²) in [5.74, 6) is 0.0611. The molecule has 0 aliphatic heterocycles. The fourth-order valence-corrected chi connectivity index (χ4v) is 5.89. The summed E-state index contributed by atoms with van der Waals surface area (Å²) in [6, 6.07) is 17.6. The minimum atomic E-state index is -3.93. The second kappa shape index (κ2) is 9.13. The molecule has 0 aliphatic carbocycles. The molecule has 32 heavy (non-hydrogen) atoms. The first-order valence-corrected chi connectivity index (χ1v) is 13.6. The molecule has 3 aromatic carbocycles. The smallest absolute Gasteiger partial charge is 0.264 e. The molecule has 0 bridgehead atoms. The standard InChI is InChI=1S/C23H25ClN2O4S2/c1-16(2)15-26(23-7-5-4-6-21(23)24)32(29,30)19-12-13-20(22(25)14-19)17-8-10-18(11-9-17)31(3,27)28/h4-14,16H,15,25H2,1-3H3. The SMILES string of the molecule is CC(C)CN(c1ccccc1Cl)S(=O)(=O)c1ccc(-c2ccc(S(C)(=O)=O)cc2)c(N)c1. The predicted octanol–water partition coefficient (Wildman–Crippen LogP) is 4.84. The minimum Gasteiger partial charge on any atom is -0.398 e. The number of sulfone groups is 1. The zero-order chi connectivity index (χ0) is 23.7. The molecular formula is C23H25ClN2O4S2. The molecule has 2 N–H and O–H groups in total. The number of sulfonamides is 1. The molecule has 0 unspecified atom stereocenters. The van der Waals surface area contributed by atoms with E-state index in [1.165, 1.54) is 28.6 Å². The first-order chi connectivity index (χ1) is 14.9. The largest absolute Gasteiger partial charge is 0.398 e. The molecule has 0 radical (unpaired) electrons. The van der Waals surface area contributed by atoms with Gasteiger partial charge in [-0.2, -0.15) is 0 Å². The summed E-state index contributed by atoms with van der Waals surface area (Å²) in [6.45, 7) is 4.11. The van der Waals surface area contributed by atoms with Crippen LogP contribution in [0.2, 0.25) is 5.02 Å². The van der Waals surface area contributed by atoms with Crippen molar-refractivity contribution < 1.29 is 16.8 Å². The van der Waals surface area contributed by atoms with E-state index in [0.717, 1.165) is 6.26 Å². The van der Waals surface area contributed by atoms with Crippen LogP contribution < -0.4 is 10.0 Å². The van der Waals surface area contributed by atoms with Gasteiger partial charge >= 0.3 is 0 Å². The van der Waals surface area contributed by atoms with Crippen molar-refractivity contribution in [2.45, 2.75) is 23.6 Å². The van der Waals surface area contributed by atoms with Crippen LogP contribution in [0.4, 0.5) is 11.4 Å². The van der Waals surface area contributed by atoms with Gasteiger partial charge in [0, 0.05) is 24.1 Å². The third-order valence-corrected chi connectivity index (χ3v) is 8.08. The highest BCUT2D eigenvalue weighted by molar-refractivity contribution is 7.92. The first-order valence-electron chi connectivity index (χ1n) is 9.88. The second-order valence-electron chi connectivity index (χ2n) is 7.93. The fraction of sp³-hybridized carbons (Fsp3) is 0.217. The van der Waals surface area contributed by atoms with Crippen molar-refractivity contribution in [1.82, 2.24) is 0 Å². The van der Waals surface area contributed by atoms with Crippen LogP contribution in [0.15, 0.2) is 76.5 Å². The number of halogens is 1. The molecule has 0 aliphatic rings. The molecule has 0 saturated heterocycles. The van der Waals surface area contributed by atoms with E-state index in [9.17, 15) is 16.8 Å². The average molecular weight is 493 g/mol. The van der Waals surface area contributed by atoms with Gasteiger partial charge in [0.05, 0.1) is 20.5 Å². The van der Waals surface area contributed by atoms with Gasteiger partial charge in [0.2, 0.25) is 0 Å². The van der Waals surface area contributed by atoms with Crippen molar-refractivity contribution in [3.05, 3.63) is 71.8 Å². The summed E-state index contributed by atoms with van der Waals surface area (Å²) >= 11 is 6.30. The van der Waals surface area contributed by atoms with Crippen LogP contribution in [0.1, 0.15) is 13.8 Å². The number of nitrogen functional groups attached to an aromatic ring is 1. The third-order valence-electron chi connectivity index (χ3n) is 4.86. The molecule has 0 heterocycles. The Kier molecular flexibility index (Phi) is 6.88. The number of para-hydroxylation sites is 1. The lowest BCUT2D eigenvalue weighted by molar-refractivity contribution is 0.578. The maximum Gasteiger partial charge on any atom is 0.264 e. The van der Waals surface area contributed by atoms with E-state index in [1.807, 2.05) is 13.8 Å². The average Bonchev–Trinajstić information content (AvgIpc) is 2.72. The lowest BCUT2D eigenvalue weighted by atomic mass is 10.0. The number of hydrogen-bond donors (Lipinski definition) is 1. The molecule has 6 nitrogen and oxygen atoms in total. The van der Waals surface area contributed by atoms with Gasteiger partial charge in [0.1, 0.15) is 0 Å². The quantitative estimate of drug-likeness (QED) is 0.476. The van der Waals surface area contributed by atoms with Crippen LogP contribution in [0.5, 0.6) is 0 Å². The van der Waals surface area contributed by atoms with Gasteiger partial charge in [-0.25, -0.2) is 16.8 Å². The summed E-state index contributed by atoms with van der Waals surface area (Å²) in [4.78, 5) is 0.246. The van der Waals surface area contributed by atoms with Crippen molar-refractivity contribution in [3.8, 4) is 11.1 Å². The lowest BCUT2D eigenvalue weighted by Gasteiger charge is -2.27. The fourth-order valence-electron chi connectivity index (χ4n) is 3.28. The maximum absolute atomic E-state index is 13.5. The topological polar surface area (TPSA) is 97.5 Å². The highest BCUT2D eigenvalue weighted by Crippen LogP contribution is 2.34. The molecule has 0 amide bonds. The molecule has 0 spiro atoms. The zero-order valence-electron chi connectivity index (χ0n) is 18.0. The molecule has 0 atom stereocenters. The van der Waals surface area contributed by atoms with Crippen LogP contribution >= 0.6 is 11.6 Å². The molecule has 3 aromatic rings. The minimum absolute atomic E-state index is 0.0482. The van der Waals surface area contributed by atoms with Crippen LogP contribution in [0.3, 0.4) is 0 Å². The Morgan fingerprint density at radius 2 is 1.50 bits per heavy atom. The summed E-state index contributed by atoms with van der Waals surface area (Å²) in [7, 11) is -7.24. The number of benzene rings is 3. The molecular weight excluding hydrogens is 468 g/mol. The maximum atomic E-state index is 13.5. The third kappa shape index (κ3) is 5.09. The van der Waals surface area contributed by atoms with Crippen LogP contribution in [0, 0.1) is 5.92 Å². The van der Waals surface area contributed by atoms with E-state index in [4.69, 9.17) is 17.3 Å². The molecule has 9 heteroatoms. The Morgan fingerprint density at radius 1 is 0.906 bits per heavy atom. The number of anilines is 2. The predicted molar refractivity (Wildman–Crippen MR) is 130 cm³/mol. The van der Waals surface area contributed by atoms with Crippen molar-refractivity contribution in [2.24, 2.45) is 5.92 Å². The number of rotatable bonds is 7. The first kappa shape index (κ1) is 24.1. The van der Waals surface area contributed by atoms with Gasteiger partial charge in [0.25, 0.3) is 10.0 Å². The van der Waals surface area contributed by atoms with Gasteiger partial charge in [-0.05, 0) is 47.9 Å². The summed E-state index contributed by atoms with van der Waals surface area (Å²) in [5.41, 5.74) is 8.18. The van der Waals surface area contributed by atoms with Crippen molar-refractivity contribution >= 4 is 42.8 Å². The van der Waals surface area contributed by atoms with Gasteiger partial charge in [0.15, 0.2) is 9.84 Å². The highest BCUT2D eigenvalue weighted by atomic mass is 35.5. The van der Waals surface area contributed by atoms with E-state index in [1.54, 1.807) is 42.5 Å². The monoisotopic (exact) mass is 492 g/mol. The van der Waals surface area contributed by atoms with Crippen LogP contribution in [-0.2, 0) is 19.9 Å². The Balaban J connectivity index is 2.03. The lowest BCUT2D eigenvalue weighted by Crippen LogP contribution is -2.34. The Labute approximate surface area is 194 Å². The van der Waals surface area contributed by atoms with E-state index >= 15 is 0 Å². The molecule has 0 saturated carbocycles. The number of nitrogens with zero attached hydrogens (tertiary/aromatic N) is 1. The highest BCUT2D eigenvalue weighted by Gasteiger charge is 2.28. The summed E-state index contributed by atoms with van der Waals surface area (Å²) in [6.07, 6.45) is 1.14. The van der Waals surface area contributed by atoms with Gasteiger partial charge in [-0.1, -0.05) is 55.8 Å². The van der Waals surface area contributed by atoms with E-state index in [-0.39, 0.29) is 27.9 Å². The van der Waals surface area contributed by atoms with Gasteiger partial charge < -0.3 is 5.73 Å². The summed E-state index contributed by atoms with van der Waals surface area (Å²) < 4.78 is 51.7. The zero-order valence-corrected chi connectivity index (χ0v) is 20.4. The molecule has 0 aromatic heterocycles. The van der Waals surface area contributed by atoms with Gasteiger partial charge in [-0.3, -0.25) is 4.31 Å². The van der Waals surface area contributed by atoms with Gasteiger partial charge in [-0.15, -0.1) is 0 Å². The van der Waals surface area contributed by atoms with E-state index < -0.39 is 19.9 Å². The molecule has 170 valence electrons. The Hall–Kier alpha value is -2.55. The van der Waals surface area contributed by atoms with Crippen molar-refractivity contribution in [3.63, 3.8) is 0 Å². The normalized spacial score (nSPS) is 12.2. The van der Waals surface area contributed by atoms with Crippen LogP contribution in [0.25, 0.3) is 11.1 Å². The number of hydrogen-bond acceptors (Lipinski definition) is 5. The van der Waals surface area contributed by atoms with Crippen molar-refractivity contribution in [1.29, 1.82) is 0 Å². The Morgan fingerprint density at radius 3 is 2.03 bits per heavy atom. The number of nitrogens with two attached hydrogens (primary N) is 1. The Bertz CT molecular complexity index is 1340. The van der Waals surface area contributed by atoms with E-state index in [0.29, 0.717) is 21.8 Å². The second-order valence-corrected chi connectivity index (χ2v) is 12.2. The van der Waals surface area contributed by atoms with Crippen LogP contribution in [-0.4, -0.2) is 29.6 Å². The van der Waals surface area contributed by atoms with E-state index in [2.05, 4.69) is 0 Å². The molecule has 0 fully saturated rings. The van der Waals surface area contributed by atoms with Crippen molar-refractivity contribution in [2.75, 3.05) is 22.8 Å². The molecule has 3 rings (SSSR count).